The Bertz CT molecular complexity index is 1610. The summed E-state index contributed by atoms with van der Waals surface area (Å²) in [6.45, 7) is 0. The molecule has 4 amide bonds. The molecule has 0 saturated carbocycles. The predicted molar refractivity (Wildman–Crippen MR) is 141 cm³/mol. The zero-order valence-electron chi connectivity index (χ0n) is 19.5. The lowest BCUT2D eigenvalue weighted by atomic mass is 10.1. The highest BCUT2D eigenvalue weighted by molar-refractivity contribution is 9.10. The SMILES string of the molecule is COc1cc(/C=C2\C(=O)NC(=O)N(c3cccc(Cl)c3)C2=O)cc(Br)c1Oc1ccc([N+](=O)[O-])cc1[N+](=O)[O-]. The van der Waals surface area contributed by atoms with Crippen LogP contribution in [0.15, 0.2) is 64.6 Å². The van der Waals surface area contributed by atoms with Gasteiger partial charge in [0.1, 0.15) is 5.57 Å². The standard InChI is InChI=1S/C24H14BrClN4O9/c1-38-20-9-12(7-16-22(31)27-24(33)28(23(16)32)14-4-2-3-13(26)10-14)8-17(25)21(20)39-19-6-5-15(29(34)35)11-18(19)30(36)37/h2-11H,1H3,(H,27,31,33)/b16-7+. The van der Waals surface area contributed by atoms with Crippen LogP contribution in [0.2, 0.25) is 5.02 Å². The quantitative estimate of drug-likeness (QED) is 0.158. The first-order chi connectivity index (χ1) is 18.5. The molecule has 4 rings (SSSR count). The van der Waals surface area contributed by atoms with Gasteiger partial charge in [-0.25, -0.2) is 9.69 Å². The number of nitro groups is 2. The number of nitrogens with zero attached hydrogens (tertiary/aromatic N) is 3. The number of imide groups is 2. The molecule has 0 radical (unpaired) electrons. The van der Waals surface area contributed by atoms with E-state index < -0.39 is 39.1 Å². The lowest BCUT2D eigenvalue weighted by Crippen LogP contribution is -2.54. The summed E-state index contributed by atoms with van der Waals surface area (Å²) in [7, 11) is 1.29. The molecule has 0 atom stereocenters. The fraction of sp³-hybridized carbons (Fsp3) is 0.0417. The van der Waals surface area contributed by atoms with Crippen LogP contribution in [0.25, 0.3) is 6.08 Å². The highest BCUT2D eigenvalue weighted by atomic mass is 79.9. The third-order valence-electron chi connectivity index (χ3n) is 5.29. The number of rotatable bonds is 7. The number of carbonyl (C=O) groups excluding carboxylic acids is 3. The lowest BCUT2D eigenvalue weighted by Gasteiger charge is -2.26. The minimum atomic E-state index is -0.948. The molecule has 198 valence electrons. The molecule has 1 saturated heterocycles. The molecule has 3 aromatic rings. The Kier molecular flexibility index (Phi) is 7.60. The molecule has 13 nitrogen and oxygen atoms in total. The number of benzene rings is 3. The number of halogens is 2. The van der Waals surface area contributed by atoms with Crippen LogP contribution in [0, 0.1) is 20.2 Å². The molecule has 15 heteroatoms. The number of amides is 4. The highest BCUT2D eigenvalue weighted by Crippen LogP contribution is 2.43. The minimum absolute atomic E-state index is 0.0215. The number of hydrogen-bond donors (Lipinski definition) is 1. The Balaban J connectivity index is 1.72. The fourth-order valence-corrected chi connectivity index (χ4v) is 4.28. The molecule has 1 fully saturated rings. The average Bonchev–Trinajstić information content (AvgIpc) is 2.87. The van der Waals surface area contributed by atoms with E-state index in [-0.39, 0.29) is 43.6 Å². The van der Waals surface area contributed by atoms with Crippen LogP contribution in [0.4, 0.5) is 21.9 Å². The van der Waals surface area contributed by atoms with Crippen molar-refractivity contribution in [3.63, 3.8) is 0 Å². The molecule has 0 bridgehead atoms. The van der Waals surface area contributed by atoms with Gasteiger partial charge < -0.3 is 9.47 Å². The third-order valence-corrected chi connectivity index (χ3v) is 6.12. The number of non-ortho nitro benzene ring substituents is 1. The Hall–Kier alpha value is -4.82. The van der Waals surface area contributed by atoms with Crippen molar-refractivity contribution in [2.24, 2.45) is 0 Å². The smallest absolute Gasteiger partial charge is 0.335 e. The van der Waals surface area contributed by atoms with Gasteiger partial charge in [0.05, 0.1) is 33.2 Å². The van der Waals surface area contributed by atoms with Crippen molar-refractivity contribution in [2.45, 2.75) is 0 Å². The van der Waals surface area contributed by atoms with E-state index in [0.717, 1.165) is 23.1 Å². The van der Waals surface area contributed by atoms with Gasteiger partial charge in [-0.15, -0.1) is 0 Å². The molecule has 1 aliphatic heterocycles. The van der Waals surface area contributed by atoms with Gasteiger partial charge in [0.15, 0.2) is 11.5 Å². The van der Waals surface area contributed by atoms with E-state index in [0.29, 0.717) is 0 Å². The van der Waals surface area contributed by atoms with E-state index in [1.807, 2.05) is 0 Å². The Morgan fingerprint density at radius 3 is 2.38 bits per heavy atom. The van der Waals surface area contributed by atoms with Crippen LogP contribution in [0.1, 0.15) is 5.56 Å². The van der Waals surface area contributed by atoms with E-state index >= 15 is 0 Å². The summed E-state index contributed by atoms with van der Waals surface area (Å²) < 4.78 is 11.2. The maximum absolute atomic E-state index is 13.1. The number of methoxy groups -OCH3 is 1. The second-order valence-electron chi connectivity index (χ2n) is 7.74. The molecule has 1 N–H and O–H groups in total. The first-order valence-electron chi connectivity index (χ1n) is 10.7. The first-order valence-corrected chi connectivity index (χ1v) is 11.8. The van der Waals surface area contributed by atoms with Crippen molar-refractivity contribution in [2.75, 3.05) is 12.0 Å². The second kappa shape index (κ2) is 10.9. The van der Waals surface area contributed by atoms with Crippen LogP contribution in [-0.2, 0) is 9.59 Å². The van der Waals surface area contributed by atoms with Gasteiger partial charge in [0.2, 0.25) is 5.75 Å². The molecule has 0 spiro atoms. The zero-order chi connectivity index (χ0) is 28.4. The molecule has 0 aromatic heterocycles. The normalized spacial score (nSPS) is 14.3. The van der Waals surface area contributed by atoms with Crippen molar-refractivity contribution in [1.29, 1.82) is 0 Å². The summed E-state index contributed by atoms with van der Waals surface area (Å²) >= 11 is 9.26. The van der Waals surface area contributed by atoms with Crippen LogP contribution in [0.5, 0.6) is 17.2 Å². The number of nitrogens with one attached hydrogen (secondary N) is 1. The van der Waals surface area contributed by atoms with Crippen molar-refractivity contribution >= 4 is 68.5 Å². The molecular weight excluding hydrogens is 604 g/mol. The summed E-state index contributed by atoms with van der Waals surface area (Å²) in [4.78, 5) is 59.7. The maximum atomic E-state index is 13.1. The summed E-state index contributed by atoms with van der Waals surface area (Å²) in [5.41, 5.74) is -1.11. The number of barbiturate groups is 1. The predicted octanol–water partition coefficient (Wildman–Crippen LogP) is 5.39. The molecule has 3 aromatic carbocycles. The second-order valence-corrected chi connectivity index (χ2v) is 9.03. The van der Waals surface area contributed by atoms with E-state index in [1.165, 1.54) is 43.5 Å². The molecular formula is C24H14BrClN4O9. The first kappa shape index (κ1) is 27.2. The van der Waals surface area contributed by atoms with Gasteiger partial charge in [-0.2, -0.15) is 0 Å². The van der Waals surface area contributed by atoms with E-state index in [9.17, 15) is 34.6 Å². The highest BCUT2D eigenvalue weighted by Gasteiger charge is 2.37. The van der Waals surface area contributed by atoms with Crippen molar-refractivity contribution < 1.29 is 33.7 Å². The van der Waals surface area contributed by atoms with Crippen molar-refractivity contribution in [3.8, 4) is 17.2 Å². The number of ether oxygens (including phenoxy) is 2. The van der Waals surface area contributed by atoms with E-state index in [2.05, 4.69) is 21.2 Å². The summed E-state index contributed by atoms with van der Waals surface area (Å²) in [5, 5.41) is 24.9. The summed E-state index contributed by atoms with van der Waals surface area (Å²) in [6, 6.07) is 10.7. The van der Waals surface area contributed by atoms with E-state index in [1.54, 1.807) is 6.07 Å². The molecule has 1 aliphatic rings. The van der Waals surface area contributed by atoms with Gasteiger partial charge in [-0.1, -0.05) is 17.7 Å². The van der Waals surface area contributed by atoms with Crippen LogP contribution < -0.4 is 19.7 Å². The summed E-state index contributed by atoms with van der Waals surface area (Å²) in [6.07, 6.45) is 1.22. The number of anilines is 1. The van der Waals surface area contributed by atoms with Gasteiger partial charge in [0, 0.05) is 11.1 Å². The number of carbonyl (C=O) groups is 3. The topological polar surface area (TPSA) is 171 Å². The van der Waals surface area contributed by atoms with Crippen molar-refractivity contribution in [3.05, 3.63) is 95.5 Å². The zero-order valence-corrected chi connectivity index (χ0v) is 21.9. The number of hydrogen-bond acceptors (Lipinski definition) is 9. The Morgan fingerprint density at radius 1 is 1.00 bits per heavy atom. The van der Waals surface area contributed by atoms with Gasteiger partial charge >= 0.3 is 11.7 Å². The number of nitro benzene ring substituents is 2. The maximum Gasteiger partial charge on any atom is 0.335 e. The summed E-state index contributed by atoms with van der Waals surface area (Å²) in [5.74, 6) is -2.11. The molecule has 0 unspecified atom stereocenters. The average molecular weight is 618 g/mol. The molecule has 39 heavy (non-hydrogen) atoms. The lowest BCUT2D eigenvalue weighted by molar-refractivity contribution is -0.394. The van der Waals surface area contributed by atoms with Crippen LogP contribution in [-0.4, -0.2) is 34.8 Å². The van der Waals surface area contributed by atoms with Gasteiger partial charge in [-0.3, -0.25) is 35.1 Å². The number of urea groups is 1. The Morgan fingerprint density at radius 2 is 1.74 bits per heavy atom. The monoisotopic (exact) mass is 616 g/mol. The largest absolute Gasteiger partial charge is 0.493 e. The Labute approximate surface area is 232 Å². The van der Waals surface area contributed by atoms with Gasteiger partial charge in [0.25, 0.3) is 17.5 Å². The van der Waals surface area contributed by atoms with Crippen molar-refractivity contribution in [1.82, 2.24) is 5.32 Å². The third kappa shape index (κ3) is 5.56. The van der Waals surface area contributed by atoms with Crippen LogP contribution >= 0.6 is 27.5 Å². The minimum Gasteiger partial charge on any atom is -0.493 e. The van der Waals surface area contributed by atoms with Crippen LogP contribution in [0.3, 0.4) is 0 Å². The van der Waals surface area contributed by atoms with Gasteiger partial charge in [-0.05, 0) is 64.0 Å². The molecule has 1 heterocycles. The fourth-order valence-electron chi connectivity index (χ4n) is 3.55. The molecule has 0 aliphatic carbocycles. The van der Waals surface area contributed by atoms with E-state index in [4.69, 9.17) is 21.1 Å².